The van der Waals surface area contributed by atoms with Gasteiger partial charge in [-0.1, -0.05) is 369 Å². The highest BCUT2D eigenvalue weighted by Gasteiger charge is 2.51. The second kappa shape index (κ2) is 69.2. The number of amides is 1. The molecule has 14 nitrogen and oxygen atoms in total. The molecule has 0 aromatic carbocycles. The van der Waals surface area contributed by atoms with Crippen LogP contribution in [0.25, 0.3) is 0 Å². The quantitative estimate of drug-likeness (QED) is 0.0204. The Labute approximate surface area is 611 Å². The van der Waals surface area contributed by atoms with Crippen molar-refractivity contribution in [2.75, 3.05) is 19.8 Å². The predicted molar refractivity (Wildman–Crippen MR) is 415 cm³/mol. The Bertz CT molecular complexity index is 2010. The summed E-state index contributed by atoms with van der Waals surface area (Å²) in [6.45, 7) is 2.74. The molecule has 2 aliphatic heterocycles. The van der Waals surface area contributed by atoms with Crippen molar-refractivity contribution in [3.8, 4) is 0 Å². The minimum Gasteiger partial charge on any atom is -0.394 e. The normalized spacial score (nSPS) is 22.3. The maximum absolute atomic E-state index is 13.4. The van der Waals surface area contributed by atoms with Gasteiger partial charge >= 0.3 is 0 Å². The number of carbonyl (C=O) groups is 1. The third-order valence-corrected chi connectivity index (χ3v) is 20.1. The molecule has 14 heteroatoms. The Morgan fingerprint density at radius 3 is 1.06 bits per heavy atom. The fourth-order valence-corrected chi connectivity index (χ4v) is 13.5. The Hall–Kier alpha value is -2.83. The van der Waals surface area contributed by atoms with E-state index >= 15 is 0 Å². The molecule has 0 aliphatic carbocycles. The highest BCUT2D eigenvalue weighted by atomic mass is 16.7. The molecule has 12 atom stereocenters. The first-order valence-electron chi connectivity index (χ1n) is 41.8. The summed E-state index contributed by atoms with van der Waals surface area (Å²) in [6, 6.07) is -0.919. The summed E-state index contributed by atoms with van der Waals surface area (Å²) in [5, 5.41) is 87.8. The minimum absolute atomic E-state index is 0.235. The van der Waals surface area contributed by atoms with Crippen LogP contribution in [-0.4, -0.2) is 140 Å². The molecule has 0 aromatic rings. The largest absolute Gasteiger partial charge is 0.394 e. The van der Waals surface area contributed by atoms with Crippen molar-refractivity contribution in [2.24, 2.45) is 0 Å². The van der Waals surface area contributed by atoms with E-state index in [0.717, 1.165) is 77.0 Å². The van der Waals surface area contributed by atoms with Gasteiger partial charge in [-0.15, -0.1) is 0 Å². The van der Waals surface area contributed by atoms with E-state index in [4.69, 9.17) is 18.9 Å². The topological polar surface area (TPSA) is 228 Å². The van der Waals surface area contributed by atoms with Crippen LogP contribution in [0.1, 0.15) is 361 Å². The standard InChI is InChI=1S/C86H155NO13/c1-3-5-7-9-11-13-15-17-19-21-23-25-27-29-31-33-34-35-36-37-38-39-40-42-44-46-48-50-52-54-56-58-60-62-64-66-68-70-78(91)87-74(73-97-85-83(96)81(94)84(77(72-89)99-85)100-86-82(95)80(93)79(92)76(71-88)98-86)75(90)69-67-65-63-61-59-57-55-53-51-49-47-45-43-41-32-30-28-26-24-22-20-18-16-14-12-10-8-6-4-2/h5,7,11,13,17,19,23,25,29,31,34-35,67,69,74-77,79-86,88-90,92-96H,3-4,6,8-10,12,14-16,18,20-22,24,26-28,30,32-33,36-66,68,70-73H2,1-2H3,(H,87,91)/b7-5-,13-11-,19-17-,25-23-,31-29-,35-34-,69-67+. The number of ether oxygens (including phenoxy) is 4. The summed E-state index contributed by atoms with van der Waals surface area (Å²) in [5.74, 6) is -0.235. The van der Waals surface area contributed by atoms with Crippen LogP contribution in [0.4, 0.5) is 0 Å². The van der Waals surface area contributed by atoms with Gasteiger partial charge in [0.05, 0.1) is 32.0 Å². The zero-order valence-electron chi connectivity index (χ0n) is 63.9. The van der Waals surface area contributed by atoms with Crippen LogP contribution < -0.4 is 5.32 Å². The van der Waals surface area contributed by atoms with Gasteiger partial charge in [0.15, 0.2) is 12.6 Å². The van der Waals surface area contributed by atoms with Crippen molar-refractivity contribution in [1.82, 2.24) is 5.32 Å². The Kier molecular flexibility index (Phi) is 64.6. The van der Waals surface area contributed by atoms with Gasteiger partial charge in [0, 0.05) is 6.42 Å². The lowest BCUT2D eigenvalue weighted by Gasteiger charge is -2.46. The van der Waals surface area contributed by atoms with E-state index in [1.165, 1.54) is 257 Å². The molecular formula is C86H155NO13. The number of rotatable bonds is 70. The van der Waals surface area contributed by atoms with Gasteiger partial charge in [0.2, 0.25) is 5.91 Å². The van der Waals surface area contributed by atoms with Crippen LogP contribution in [0.5, 0.6) is 0 Å². The molecule has 100 heavy (non-hydrogen) atoms. The number of allylic oxidation sites excluding steroid dienone is 13. The molecule has 2 saturated heterocycles. The monoisotopic (exact) mass is 1410 g/mol. The molecule has 1 amide bonds. The van der Waals surface area contributed by atoms with Gasteiger partial charge in [-0.25, -0.2) is 0 Å². The third kappa shape index (κ3) is 51.4. The zero-order valence-corrected chi connectivity index (χ0v) is 63.9. The van der Waals surface area contributed by atoms with Crippen molar-refractivity contribution in [3.05, 3.63) is 85.1 Å². The average molecular weight is 1410 g/mol. The number of hydrogen-bond donors (Lipinski definition) is 9. The summed E-state index contributed by atoms with van der Waals surface area (Å²) in [4.78, 5) is 13.4. The Morgan fingerprint density at radius 2 is 0.690 bits per heavy atom. The van der Waals surface area contributed by atoms with E-state index < -0.39 is 86.8 Å². The maximum atomic E-state index is 13.4. The maximum Gasteiger partial charge on any atom is 0.220 e. The van der Waals surface area contributed by atoms with E-state index in [2.05, 4.69) is 92.1 Å². The lowest BCUT2D eigenvalue weighted by molar-refractivity contribution is -0.359. The molecular weight excluding hydrogens is 1250 g/mol. The minimum atomic E-state index is -1.79. The van der Waals surface area contributed by atoms with Crippen molar-refractivity contribution in [1.29, 1.82) is 0 Å². The number of carbonyl (C=O) groups excluding carboxylic acids is 1. The van der Waals surface area contributed by atoms with Crippen molar-refractivity contribution in [2.45, 2.75) is 434 Å². The molecule has 2 heterocycles. The molecule has 2 fully saturated rings. The zero-order chi connectivity index (χ0) is 72.2. The smallest absolute Gasteiger partial charge is 0.220 e. The lowest BCUT2D eigenvalue weighted by Crippen LogP contribution is -2.65. The second-order valence-corrected chi connectivity index (χ2v) is 29.2. The van der Waals surface area contributed by atoms with Crippen LogP contribution >= 0.6 is 0 Å². The average Bonchev–Trinajstić information content (AvgIpc) is 0.791. The second-order valence-electron chi connectivity index (χ2n) is 29.2. The molecule has 2 aliphatic rings. The van der Waals surface area contributed by atoms with Gasteiger partial charge in [-0.2, -0.15) is 0 Å². The molecule has 9 N–H and O–H groups in total. The van der Waals surface area contributed by atoms with Crippen LogP contribution in [0.15, 0.2) is 85.1 Å². The van der Waals surface area contributed by atoms with Crippen molar-refractivity contribution >= 4 is 5.91 Å². The predicted octanol–water partition coefficient (Wildman–Crippen LogP) is 19.5. The van der Waals surface area contributed by atoms with Gasteiger partial charge in [0.1, 0.15) is 48.8 Å². The SMILES string of the molecule is CC/C=C\C/C=C\C/C=C\C/C=C\C/C=C\C/C=C\CCCCCCCCCCCCCCCCCCCCC(=O)NC(COC1OC(CO)C(OC2OC(CO)C(O)C(O)C2O)C(O)C1O)C(O)/C=C/CCCCCCCCCCCCCCCCCCCCCCCCCCCCC. The van der Waals surface area contributed by atoms with E-state index in [0.29, 0.717) is 6.42 Å². The van der Waals surface area contributed by atoms with E-state index in [-0.39, 0.29) is 18.9 Å². The first-order chi connectivity index (χ1) is 49.1. The summed E-state index contributed by atoms with van der Waals surface area (Å²) >= 11 is 0. The molecule has 2 rings (SSSR count). The highest BCUT2D eigenvalue weighted by molar-refractivity contribution is 5.76. The number of hydrogen-bond acceptors (Lipinski definition) is 13. The first-order valence-corrected chi connectivity index (χ1v) is 41.8. The van der Waals surface area contributed by atoms with Gasteiger partial charge < -0.3 is 65.1 Å². The highest BCUT2D eigenvalue weighted by Crippen LogP contribution is 2.30. The van der Waals surface area contributed by atoms with Crippen molar-refractivity contribution in [3.63, 3.8) is 0 Å². The summed E-state index contributed by atoms with van der Waals surface area (Å²) < 4.78 is 22.9. The van der Waals surface area contributed by atoms with Crippen LogP contribution in [0.2, 0.25) is 0 Å². The number of aliphatic hydroxyl groups is 8. The van der Waals surface area contributed by atoms with Crippen LogP contribution in [0.3, 0.4) is 0 Å². The van der Waals surface area contributed by atoms with Gasteiger partial charge in [-0.05, 0) is 70.6 Å². The van der Waals surface area contributed by atoms with E-state index in [1.54, 1.807) is 6.08 Å². The summed E-state index contributed by atoms with van der Waals surface area (Å²) in [6.07, 6.45) is 81.0. The molecule has 0 aromatic heterocycles. The molecule has 0 saturated carbocycles. The summed E-state index contributed by atoms with van der Waals surface area (Å²) in [7, 11) is 0. The molecule has 0 bridgehead atoms. The third-order valence-electron chi connectivity index (χ3n) is 20.1. The van der Waals surface area contributed by atoms with Crippen LogP contribution in [-0.2, 0) is 23.7 Å². The van der Waals surface area contributed by atoms with E-state index in [9.17, 15) is 45.6 Å². The Morgan fingerprint density at radius 1 is 0.370 bits per heavy atom. The Balaban J connectivity index is 1.60. The molecule has 0 spiro atoms. The van der Waals surface area contributed by atoms with Crippen LogP contribution in [0, 0.1) is 0 Å². The molecule has 0 radical (unpaired) electrons. The number of unbranched alkanes of at least 4 members (excludes halogenated alkanes) is 45. The first kappa shape index (κ1) is 93.3. The lowest BCUT2D eigenvalue weighted by atomic mass is 9.97. The molecule has 582 valence electrons. The molecule has 12 unspecified atom stereocenters. The van der Waals surface area contributed by atoms with Gasteiger partial charge in [-0.3, -0.25) is 4.79 Å². The van der Waals surface area contributed by atoms with Gasteiger partial charge in [0.25, 0.3) is 0 Å². The number of aliphatic hydroxyl groups excluding tert-OH is 8. The van der Waals surface area contributed by atoms with E-state index in [1.807, 2.05) is 6.08 Å². The van der Waals surface area contributed by atoms with Crippen molar-refractivity contribution < 1.29 is 64.6 Å². The summed E-state index contributed by atoms with van der Waals surface area (Å²) in [5.41, 5.74) is 0. The fourth-order valence-electron chi connectivity index (χ4n) is 13.5. The fraction of sp³-hybridized carbons (Fsp3) is 0.826. The number of nitrogens with one attached hydrogen (secondary N) is 1.